The highest BCUT2D eigenvalue weighted by Gasteiger charge is 2.70. The first-order chi connectivity index (χ1) is 17.3. The molecule has 1 unspecified atom stereocenters. The Bertz CT molecular complexity index is 910. The van der Waals surface area contributed by atoms with Crippen LogP contribution in [-0.4, -0.2) is 45.0 Å². The zero-order chi connectivity index (χ0) is 30.5. The molecule has 2 aliphatic rings. The average molecular weight is 493 g/mol. The summed E-state index contributed by atoms with van der Waals surface area (Å²) in [5.41, 5.74) is -10.0. The lowest BCUT2D eigenvalue weighted by atomic mass is 9.56. The molecular formula is C24H36F6O3. The summed E-state index contributed by atoms with van der Waals surface area (Å²) in [4.78, 5) is 0. The summed E-state index contributed by atoms with van der Waals surface area (Å²) < 4.78 is 124. The van der Waals surface area contributed by atoms with Crippen LogP contribution in [-0.2, 0) is 0 Å². The van der Waals surface area contributed by atoms with Crippen molar-refractivity contribution in [1.82, 2.24) is 0 Å². The standard InChI is InChI=1S/C24H36F6O3/c1-19(2,32)11-6-12-20(3,13-7-15-22(33,23(25,26)27)24(28,29)30)18-10-9-16-17(31)8-5-14-21(16,18)4/h16-18,31-33H,5-6,8-14H2,1-4H3/t16?,17-,18+,20+,21-/m0/s1/i1D3,2D3. The number of halogens is 6. The van der Waals surface area contributed by atoms with Gasteiger partial charge in [0.1, 0.15) is 0 Å². The van der Waals surface area contributed by atoms with E-state index in [0.717, 1.165) is 5.92 Å². The molecule has 5 atom stereocenters. The first kappa shape index (κ1) is 20.2. The second-order valence-corrected chi connectivity index (χ2v) is 10.3. The molecule has 3 nitrogen and oxygen atoms in total. The molecule has 2 fully saturated rings. The van der Waals surface area contributed by atoms with E-state index in [-0.39, 0.29) is 24.7 Å². The van der Waals surface area contributed by atoms with Crippen LogP contribution in [0, 0.1) is 34.5 Å². The zero-order valence-electron chi connectivity index (χ0n) is 24.7. The van der Waals surface area contributed by atoms with Crippen LogP contribution in [0.4, 0.5) is 26.3 Å². The van der Waals surface area contributed by atoms with E-state index in [2.05, 4.69) is 0 Å². The molecule has 0 aliphatic heterocycles. The average Bonchev–Trinajstić information content (AvgIpc) is 3.09. The maximum Gasteiger partial charge on any atom is 0.438 e. The number of aliphatic hydroxyl groups is 3. The fourth-order valence-corrected chi connectivity index (χ4v) is 6.10. The van der Waals surface area contributed by atoms with Gasteiger partial charge in [0.15, 0.2) is 0 Å². The molecular weight excluding hydrogens is 450 g/mol. The fraction of sp³-hybridized carbons (Fsp3) is 0.917. The van der Waals surface area contributed by atoms with Crippen LogP contribution in [0.2, 0.25) is 0 Å². The van der Waals surface area contributed by atoms with Crippen LogP contribution >= 0.6 is 0 Å². The molecule has 0 aromatic carbocycles. The molecule has 0 aromatic rings. The van der Waals surface area contributed by atoms with Gasteiger partial charge in [-0.3, -0.25) is 0 Å². The minimum absolute atomic E-state index is 0.0737. The van der Waals surface area contributed by atoms with Gasteiger partial charge in [0.25, 0.3) is 0 Å². The van der Waals surface area contributed by atoms with Gasteiger partial charge in [-0.25, -0.2) is 0 Å². The van der Waals surface area contributed by atoms with E-state index in [9.17, 15) is 41.7 Å². The van der Waals surface area contributed by atoms with Gasteiger partial charge >= 0.3 is 18.0 Å². The van der Waals surface area contributed by atoms with Crippen molar-refractivity contribution in [3.8, 4) is 11.8 Å². The molecule has 0 spiro atoms. The smallest absolute Gasteiger partial charge is 0.393 e. The monoisotopic (exact) mass is 492 g/mol. The fourth-order valence-electron chi connectivity index (χ4n) is 6.10. The molecule has 2 rings (SSSR count). The van der Waals surface area contributed by atoms with E-state index < -0.39 is 67.0 Å². The van der Waals surface area contributed by atoms with E-state index in [1.807, 2.05) is 12.8 Å². The lowest BCUT2D eigenvalue weighted by molar-refractivity contribution is -0.343. The first-order valence-corrected chi connectivity index (χ1v) is 11.0. The van der Waals surface area contributed by atoms with Crippen molar-refractivity contribution in [2.24, 2.45) is 22.7 Å². The first-order valence-electron chi connectivity index (χ1n) is 14.0. The van der Waals surface area contributed by atoms with Crippen molar-refractivity contribution in [1.29, 1.82) is 0 Å². The maximum absolute atomic E-state index is 13.2. The number of alkyl halides is 6. The lowest BCUT2D eigenvalue weighted by Gasteiger charge is -2.49. The summed E-state index contributed by atoms with van der Waals surface area (Å²) in [6.07, 6.45) is -11.6. The van der Waals surface area contributed by atoms with E-state index in [1.54, 1.807) is 6.92 Å². The van der Waals surface area contributed by atoms with Gasteiger partial charge in [0.05, 0.1) is 11.7 Å². The number of rotatable bonds is 6. The van der Waals surface area contributed by atoms with E-state index in [4.69, 9.17) is 8.22 Å². The predicted octanol–water partition coefficient (Wildman–Crippen LogP) is 5.76. The Labute approximate surface area is 200 Å². The molecule has 0 heterocycles. The van der Waals surface area contributed by atoms with Crippen molar-refractivity contribution >= 4 is 0 Å². The highest BCUT2D eigenvalue weighted by Crippen LogP contribution is 2.62. The van der Waals surface area contributed by atoms with Gasteiger partial charge in [-0.2, -0.15) is 26.3 Å². The topological polar surface area (TPSA) is 60.7 Å². The third-order valence-corrected chi connectivity index (χ3v) is 7.80. The van der Waals surface area contributed by atoms with E-state index >= 15 is 0 Å². The highest BCUT2D eigenvalue weighted by molar-refractivity contribution is 5.22. The van der Waals surface area contributed by atoms with Crippen molar-refractivity contribution in [2.75, 3.05) is 0 Å². The largest absolute Gasteiger partial charge is 0.438 e. The summed E-state index contributed by atoms with van der Waals surface area (Å²) in [6, 6.07) is 0. The van der Waals surface area contributed by atoms with Crippen molar-refractivity contribution < 1.29 is 49.9 Å². The van der Waals surface area contributed by atoms with Crippen LogP contribution in [0.15, 0.2) is 0 Å². The van der Waals surface area contributed by atoms with Gasteiger partial charge < -0.3 is 15.3 Å². The second-order valence-electron chi connectivity index (χ2n) is 10.3. The van der Waals surface area contributed by atoms with Gasteiger partial charge in [-0.05, 0) is 80.8 Å². The van der Waals surface area contributed by atoms with Crippen LogP contribution in [0.5, 0.6) is 0 Å². The van der Waals surface area contributed by atoms with E-state index in [0.29, 0.717) is 32.1 Å². The Balaban J connectivity index is 2.47. The molecule has 0 aromatic heterocycles. The quantitative estimate of drug-likeness (QED) is 0.326. The minimum Gasteiger partial charge on any atom is -0.393 e. The third-order valence-electron chi connectivity index (χ3n) is 7.80. The minimum atomic E-state index is -6.12. The molecule has 2 aliphatic carbocycles. The Morgan fingerprint density at radius 3 is 2.15 bits per heavy atom. The van der Waals surface area contributed by atoms with E-state index in [1.165, 1.54) is 0 Å². The van der Waals surface area contributed by atoms with Gasteiger partial charge in [0.2, 0.25) is 0 Å². The van der Waals surface area contributed by atoms with Crippen LogP contribution in [0.25, 0.3) is 0 Å². The second kappa shape index (κ2) is 9.23. The summed E-state index contributed by atoms with van der Waals surface area (Å²) in [6.45, 7) is -3.11. The van der Waals surface area contributed by atoms with Crippen LogP contribution in [0.1, 0.15) is 93.6 Å². The van der Waals surface area contributed by atoms with Crippen molar-refractivity contribution in [3.63, 3.8) is 0 Å². The zero-order valence-corrected chi connectivity index (χ0v) is 18.7. The summed E-state index contributed by atoms with van der Waals surface area (Å²) in [5, 5.41) is 30.7. The van der Waals surface area contributed by atoms with Crippen LogP contribution in [0.3, 0.4) is 0 Å². The van der Waals surface area contributed by atoms with Crippen molar-refractivity contribution in [2.45, 2.75) is 115 Å². The summed E-state index contributed by atoms with van der Waals surface area (Å²) >= 11 is 0. The third kappa shape index (κ3) is 5.82. The predicted molar refractivity (Wildman–Crippen MR) is 112 cm³/mol. The Hall–Kier alpha value is -0.980. The summed E-state index contributed by atoms with van der Waals surface area (Å²) in [7, 11) is 0. The number of aliphatic hydroxyl groups excluding tert-OH is 1. The Morgan fingerprint density at radius 1 is 1.00 bits per heavy atom. The SMILES string of the molecule is [2H]C([2H])([2H])C(O)(CCC[C@](C)(CC#CC(O)(C(F)(F)F)C(F)(F)F)[C@H]1CCC2[C@@H](O)CCC[C@@]21C)C([2H])([2H])[2H]. The molecule has 192 valence electrons. The summed E-state index contributed by atoms with van der Waals surface area (Å²) in [5.74, 6) is 2.33. The normalized spacial score (nSPS) is 34.3. The van der Waals surface area contributed by atoms with Crippen LogP contribution < -0.4 is 0 Å². The Kier molecular flexibility index (Phi) is 5.66. The maximum atomic E-state index is 13.2. The molecule has 0 bridgehead atoms. The van der Waals surface area contributed by atoms with Gasteiger partial charge in [-0.1, -0.05) is 32.6 Å². The molecule has 9 heteroatoms. The molecule has 0 saturated heterocycles. The highest BCUT2D eigenvalue weighted by atomic mass is 19.4. The molecule has 33 heavy (non-hydrogen) atoms. The lowest BCUT2D eigenvalue weighted by Crippen LogP contribution is -2.55. The molecule has 2 saturated carbocycles. The number of hydrogen-bond donors (Lipinski definition) is 3. The number of fused-ring (bicyclic) bond motifs is 1. The molecule has 0 radical (unpaired) electrons. The van der Waals surface area contributed by atoms with Crippen molar-refractivity contribution in [3.05, 3.63) is 0 Å². The number of hydrogen-bond acceptors (Lipinski definition) is 3. The van der Waals surface area contributed by atoms with Gasteiger partial charge in [0, 0.05) is 14.6 Å². The molecule has 3 N–H and O–H groups in total. The molecule has 0 amide bonds. The van der Waals surface area contributed by atoms with Gasteiger partial charge in [-0.15, -0.1) is 0 Å². The Morgan fingerprint density at radius 2 is 1.61 bits per heavy atom.